The van der Waals surface area contributed by atoms with Crippen molar-refractivity contribution < 1.29 is 0 Å². The molecule has 1 N–H and O–H groups in total. The molecule has 3 bridgehead atoms. The van der Waals surface area contributed by atoms with Gasteiger partial charge in [0.15, 0.2) is 0 Å². The van der Waals surface area contributed by atoms with Gasteiger partial charge in [0, 0.05) is 16.6 Å². The summed E-state index contributed by atoms with van der Waals surface area (Å²) in [4.78, 5) is 0. The Morgan fingerprint density at radius 1 is 1.16 bits per heavy atom. The van der Waals surface area contributed by atoms with Gasteiger partial charge >= 0.3 is 0 Å². The van der Waals surface area contributed by atoms with Crippen LogP contribution in [-0.2, 0) is 6.54 Å². The van der Waals surface area contributed by atoms with E-state index in [9.17, 15) is 0 Å². The molecule has 0 heterocycles. The Hall–Kier alpha value is -0.340. The third-order valence-electron chi connectivity index (χ3n) is 6.96. The number of benzene rings is 1. The van der Waals surface area contributed by atoms with Crippen molar-refractivity contribution in [2.24, 2.45) is 23.2 Å². The number of fused-ring (bicyclic) bond motifs is 3. The topological polar surface area (TPSA) is 12.0 Å². The maximum Gasteiger partial charge on any atom is 0.0221 e. The minimum Gasteiger partial charge on any atom is -0.307 e. The fourth-order valence-corrected chi connectivity index (χ4v) is 6.66. The van der Waals surface area contributed by atoms with Gasteiger partial charge in [-0.15, -0.1) is 0 Å². The van der Waals surface area contributed by atoms with Gasteiger partial charge in [-0.25, -0.2) is 0 Å². The Labute approximate surface area is 123 Å². The molecule has 1 spiro atoms. The van der Waals surface area contributed by atoms with Crippen LogP contribution in [0, 0.1) is 23.2 Å². The third kappa shape index (κ3) is 1.30. The Morgan fingerprint density at radius 2 is 2.05 bits per heavy atom. The molecule has 0 aromatic heterocycles. The summed E-state index contributed by atoms with van der Waals surface area (Å²) in [5.74, 6) is 3.18. The summed E-state index contributed by atoms with van der Waals surface area (Å²) in [6.07, 6.45) is 7.60. The number of hydrogen-bond donors (Lipinski definition) is 1. The second kappa shape index (κ2) is 3.46. The first-order valence-corrected chi connectivity index (χ1v) is 8.49. The summed E-state index contributed by atoms with van der Waals surface area (Å²) in [5, 5.41) is 3.99. The van der Waals surface area contributed by atoms with Crippen molar-refractivity contribution in [2.45, 2.75) is 44.2 Å². The van der Waals surface area contributed by atoms with Crippen molar-refractivity contribution in [3.05, 3.63) is 34.3 Å². The molecule has 5 atom stereocenters. The van der Waals surface area contributed by atoms with Crippen LogP contribution in [0.5, 0.6) is 0 Å². The fraction of sp³-hybridized carbons (Fsp3) is 0.647. The smallest absolute Gasteiger partial charge is 0.0221 e. The second-order valence-corrected chi connectivity index (χ2v) is 8.44. The summed E-state index contributed by atoms with van der Waals surface area (Å²) in [6.45, 7) is 1.05. The maximum atomic E-state index is 3.99. The van der Waals surface area contributed by atoms with Gasteiger partial charge in [0.25, 0.3) is 0 Å². The molecule has 100 valence electrons. The first-order chi connectivity index (χ1) is 9.20. The van der Waals surface area contributed by atoms with E-state index in [1.165, 1.54) is 29.3 Å². The van der Waals surface area contributed by atoms with E-state index in [4.69, 9.17) is 0 Å². The van der Waals surface area contributed by atoms with E-state index in [-0.39, 0.29) is 0 Å². The van der Waals surface area contributed by atoms with Crippen LogP contribution in [0.4, 0.5) is 0 Å². The maximum absolute atomic E-state index is 3.99. The second-order valence-electron chi connectivity index (χ2n) is 7.52. The minimum atomic E-state index is 0.514. The normalized spacial score (nSPS) is 48.6. The SMILES string of the molecule is Brc1cccc(CNC23CC4CC5CC2CC54C3)c1. The van der Waals surface area contributed by atoms with Gasteiger partial charge in [-0.05, 0) is 73.0 Å². The van der Waals surface area contributed by atoms with Gasteiger partial charge in [0.1, 0.15) is 0 Å². The Bertz CT molecular complexity index is 556. The molecule has 4 aliphatic carbocycles. The molecule has 4 saturated carbocycles. The van der Waals surface area contributed by atoms with Gasteiger partial charge in [-0.1, -0.05) is 28.1 Å². The lowest BCUT2D eigenvalue weighted by molar-refractivity contribution is 0.00419. The quantitative estimate of drug-likeness (QED) is 0.884. The lowest BCUT2D eigenvalue weighted by Crippen LogP contribution is -2.47. The molecule has 1 aromatic carbocycles. The zero-order chi connectivity index (χ0) is 12.7. The van der Waals surface area contributed by atoms with E-state index in [2.05, 4.69) is 45.5 Å². The van der Waals surface area contributed by atoms with Crippen molar-refractivity contribution in [3.63, 3.8) is 0 Å². The lowest BCUT2D eigenvalue weighted by Gasteiger charge is -2.48. The van der Waals surface area contributed by atoms with Crippen LogP contribution in [0.2, 0.25) is 0 Å². The summed E-state index contributed by atoms with van der Waals surface area (Å²) >= 11 is 3.57. The Morgan fingerprint density at radius 3 is 2.89 bits per heavy atom. The largest absolute Gasteiger partial charge is 0.307 e. The monoisotopic (exact) mass is 317 g/mol. The van der Waals surface area contributed by atoms with Gasteiger partial charge in [-0.3, -0.25) is 0 Å². The van der Waals surface area contributed by atoms with Crippen LogP contribution in [0.3, 0.4) is 0 Å². The molecule has 1 nitrogen and oxygen atoms in total. The van der Waals surface area contributed by atoms with Gasteiger partial charge in [0.05, 0.1) is 0 Å². The number of halogens is 1. The molecule has 5 unspecified atom stereocenters. The predicted molar refractivity (Wildman–Crippen MR) is 79.7 cm³/mol. The summed E-state index contributed by atoms with van der Waals surface area (Å²) in [5.41, 5.74) is 2.74. The highest BCUT2D eigenvalue weighted by Gasteiger charge is 2.75. The molecule has 19 heavy (non-hydrogen) atoms. The summed E-state index contributed by atoms with van der Waals surface area (Å²) < 4.78 is 1.20. The number of hydrogen-bond acceptors (Lipinski definition) is 1. The van der Waals surface area contributed by atoms with E-state index >= 15 is 0 Å². The van der Waals surface area contributed by atoms with E-state index < -0.39 is 0 Å². The molecule has 0 aliphatic heterocycles. The highest BCUT2D eigenvalue weighted by Crippen LogP contribution is 2.80. The molecule has 0 saturated heterocycles. The summed E-state index contributed by atoms with van der Waals surface area (Å²) in [6, 6.07) is 8.75. The van der Waals surface area contributed by atoms with Crippen LogP contribution in [0.1, 0.15) is 37.7 Å². The molecule has 5 rings (SSSR count). The van der Waals surface area contributed by atoms with Crippen molar-refractivity contribution in [2.75, 3.05) is 0 Å². The zero-order valence-electron chi connectivity index (χ0n) is 11.2. The number of rotatable bonds is 3. The van der Waals surface area contributed by atoms with Gasteiger partial charge in [0.2, 0.25) is 0 Å². The van der Waals surface area contributed by atoms with Crippen LogP contribution in [0.25, 0.3) is 0 Å². The highest BCUT2D eigenvalue weighted by molar-refractivity contribution is 9.10. The Balaban J connectivity index is 1.38. The first kappa shape index (κ1) is 11.3. The van der Waals surface area contributed by atoms with Crippen LogP contribution in [-0.4, -0.2) is 5.54 Å². The van der Waals surface area contributed by atoms with E-state index in [0.29, 0.717) is 5.54 Å². The van der Waals surface area contributed by atoms with E-state index in [1.54, 1.807) is 12.8 Å². The number of nitrogens with one attached hydrogen (secondary N) is 1. The predicted octanol–water partition coefficient (Wildman–Crippen LogP) is 4.12. The molecule has 1 aromatic rings. The summed E-state index contributed by atoms with van der Waals surface area (Å²) in [7, 11) is 0. The molecular formula is C17H20BrN. The molecule has 4 fully saturated rings. The van der Waals surface area contributed by atoms with Crippen LogP contribution < -0.4 is 5.32 Å². The highest BCUT2D eigenvalue weighted by atomic mass is 79.9. The first-order valence-electron chi connectivity index (χ1n) is 7.70. The standard InChI is InChI=1S/C17H20BrN/c18-15-3-1-2-11(4-15)9-19-17-8-13-5-12-6-14(17)7-16(12,13)10-17/h1-4,12-14,19H,5-10H2. The van der Waals surface area contributed by atoms with Crippen molar-refractivity contribution >= 4 is 15.9 Å². The van der Waals surface area contributed by atoms with Crippen LogP contribution >= 0.6 is 15.9 Å². The molecular weight excluding hydrogens is 298 g/mol. The molecule has 0 radical (unpaired) electrons. The van der Waals surface area contributed by atoms with E-state index in [1.807, 2.05) is 0 Å². The van der Waals surface area contributed by atoms with Crippen molar-refractivity contribution in [1.29, 1.82) is 0 Å². The van der Waals surface area contributed by atoms with Gasteiger partial charge < -0.3 is 5.32 Å². The van der Waals surface area contributed by atoms with Crippen molar-refractivity contribution in [3.8, 4) is 0 Å². The zero-order valence-corrected chi connectivity index (χ0v) is 12.7. The van der Waals surface area contributed by atoms with Crippen LogP contribution in [0.15, 0.2) is 28.7 Å². The molecule has 0 amide bonds. The van der Waals surface area contributed by atoms with Gasteiger partial charge in [-0.2, -0.15) is 0 Å². The average molecular weight is 318 g/mol. The third-order valence-corrected chi connectivity index (χ3v) is 7.45. The minimum absolute atomic E-state index is 0.514. The molecule has 2 heteroatoms. The molecule has 4 aliphatic rings. The lowest BCUT2D eigenvalue weighted by atomic mass is 9.56. The van der Waals surface area contributed by atoms with E-state index in [0.717, 1.165) is 29.7 Å². The van der Waals surface area contributed by atoms with Crippen molar-refractivity contribution in [1.82, 2.24) is 5.32 Å². The Kier molecular flexibility index (Phi) is 2.06. The average Bonchev–Trinajstić information content (AvgIpc) is 2.89. The fourth-order valence-electron chi connectivity index (χ4n) is 6.22.